The summed E-state index contributed by atoms with van der Waals surface area (Å²) in [7, 11) is -13.6. The van der Waals surface area contributed by atoms with Gasteiger partial charge >= 0.3 is 36.2 Å². The quantitative estimate of drug-likeness (QED) is 0.238. The Balaban J connectivity index is 0.0000130. The minimum absolute atomic E-state index is 0. The van der Waals surface area contributed by atoms with Crippen molar-refractivity contribution in [2.75, 3.05) is 0 Å². The van der Waals surface area contributed by atoms with Gasteiger partial charge in [-0.1, -0.05) is 0 Å². The Morgan fingerprint density at radius 1 is 0.486 bits per heavy atom. The van der Waals surface area contributed by atoms with Crippen LogP contribution >= 0.6 is 0 Å². The van der Waals surface area contributed by atoms with Crippen LogP contribution in [0.3, 0.4) is 0 Å². The second kappa shape index (κ2) is 16.9. The summed E-state index contributed by atoms with van der Waals surface area (Å²) in [5.74, 6) is 0. The zero-order chi connectivity index (χ0) is 27.9. The van der Waals surface area contributed by atoms with Crippen molar-refractivity contribution in [1.29, 1.82) is 0 Å². The SMILES string of the molecule is CC(C)O[Si]1O[Si](OC(C)C)(OC(C)C)C[Si](OC(C)C)(OC(C)C)O[Si](OC(C)C)(OC(C)C)O1.[Y]. The Kier molecular flexibility index (Phi) is 17.6. The Morgan fingerprint density at radius 2 is 0.838 bits per heavy atom. The van der Waals surface area contributed by atoms with Gasteiger partial charge in [0.05, 0.1) is 5.67 Å². The molecule has 0 aromatic rings. The third-order valence-electron chi connectivity index (χ3n) is 3.91. The Bertz CT molecular complexity index is 573. The molecule has 2 radical (unpaired) electrons. The van der Waals surface area contributed by atoms with Crippen LogP contribution in [0.25, 0.3) is 0 Å². The molecule has 218 valence electrons. The van der Waals surface area contributed by atoms with Crippen LogP contribution in [0.5, 0.6) is 0 Å². The molecule has 37 heavy (non-hydrogen) atoms. The van der Waals surface area contributed by atoms with Crippen LogP contribution in [0.4, 0.5) is 0 Å². The van der Waals surface area contributed by atoms with Crippen molar-refractivity contribution in [3.05, 3.63) is 0 Å². The number of hydrogen-bond acceptors (Lipinski definition) is 10. The molecule has 1 fully saturated rings. The van der Waals surface area contributed by atoms with Crippen LogP contribution in [-0.2, 0) is 76.0 Å². The molecule has 0 unspecified atom stereocenters. The van der Waals surface area contributed by atoms with Crippen molar-refractivity contribution in [3.8, 4) is 0 Å². The van der Waals surface area contributed by atoms with Crippen LogP contribution in [0.1, 0.15) is 96.9 Å². The van der Waals surface area contributed by atoms with E-state index < -0.39 is 36.2 Å². The predicted molar refractivity (Wildman–Crippen MR) is 145 cm³/mol. The summed E-state index contributed by atoms with van der Waals surface area (Å²) in [6.45, 7) is 26.9. The third kappa shape index (κ3) is 14.3. The molecule has 1 rings (SSSR count). The van der Waals surface area contributed by atoms with Gasteiger partial charge in [0, 0.05) is 75.4 Å². The molecular formula is C22H51O10Si4Y. The van der Waals surface area contributed by atoms with Gasteiger partial charge in [0.2, 0.25) is 0 Å². The first-order valence-electron chi connectivity index (χ1n) is 13.1. The van der Waals surface area contributed by atoms with Crippen LogP contribution in [-0.4, -0.2) is 78.9 Å². The molecule has 1 aliphatic rings. The predicted octanol–water partition coefficient (Wildman–Crippen LogP) is 4.86. The van der Waals surface area contributed by atoms with E-state index in [-0.39, 0.29) is 81.1 Å². The van der Waals surface area contributed by atoms with Crippen LogP contribution in [0.15, 0.2) is 0 Å². The van der Waals surface area contributed by atoms with Crippen molar-refractivity contribution >= 4 is 36.2 Å². The Morgan fingerprint density at radius 3 is 1.16 bits per heavy atom. The van der Waals surface area contributed by atoms with E-state index in [1.807, 2.05) is 96.9 Å². The molecule has 0 aromatic carbocycles. The van der Waals surface area contributed by atoms with E-state index in [9.17, 15) is 0 Å². The molecule has 0 bridgehead atoms. The molecule has 0 spiro atoms. The van der Waals surface area contributed by atoms with Crippen molar-refractivity contribution in [2.45, 2.75) is 145 Å². The largest absolute Gasteiger partial charge is 0.665 e. The van der Waals surface area contributed by atoms with Crippen molar-refractivity contribution in [2.24, 2.45) is 0 Å². The summed E-state index contributed by atoms with van der Waals surface area (Å²) in [6.07, 6.45) is -1.54. The van der Waals surface area contributed by atoms with Gasteiger partial charge < -0.3 is 43.3 Å². The standard InChI is InChI=1S/C22H51O10Si4.Y/c1-16(2)23-33-30-34(24-17(3)4,25-18(5)6)15-35(26-19(7)8,27-20(9)10)32-36(31-33,28-21(11)12)29-22(13)14;/h16-22H,15H2,1-14H3;. The summed E-state index contributed by atoms with van der Waals surface area (Å²) in [6, 6.07) is 0. The zero-order valence-electron chi connectivity index (χ0n) is 25.4. The summed E-state index contributed by atoms with van der Waals surface area (Å²) >= 11 is 0. The van der Waals surface area contributed by atoms with Crippen LogP contribution in [0.2, 0.25) is 5.67 Å². The van der Waals surface area contributed by atoms with Gasteiger partial charge in [-0.3, -0.25) is 0 Å². The van der Waals surface area contributed by atoms with Crippen LogP contribution < -0.4 is 0 Å². The van der Waals surface area contributed by atoms with Crippen molar-refractivity contribution in [3.63, 3.8) is 0 Å². The molecule has 1 saturated heterocycles. The fraction of sp³-hybridized carbons (Fsp3) is 1.00. The Hall–Kier alpha value is 1.57. The summed E-state index contributed by atoms with van der Waals surface area (Å²) in [4.78, 5) is 0. The van der Waals surface area contributed by atoms with E-state index in [1.54, 1.807) is 0 Å². The monoisotopic (exact) mass is 676 g/mol. The molecule has 15 heteroatoms. The van der Waals surface area contributed by atoms with Gasteiger partial charge in [-0.2, -0.15) is 0 Å². The van der Waals surface area contributed by atoms with E-state index in [0.29, 0.717) is 0 Å². The minimum Gasteiger partial charge on any atom is -0.371 e. The molecule has 1 heterocycles. The van der Waals surface area contributed by atoms with E-state index in [0.717, 1.165) is 0 Å². The maximum absolute atomic E-state index is 6.85. The second-order valence-electron chi connectivity index (χ2n) is 10.8. The maximum Gasteiger partial charge on any atom is 0.665 e. The smallest absolute Gasteiger partial charge is 0.371 e. The fourth-order valence-electron chi connectivity index (χ4n) is 3.50. The van der Waals surface area contributed by atoms with Gasteiger partial charge in [-0.15, -0.1) is 0 Å². The average molecular weight is 677 g/mol. The van der Waals surface area contributed by atoms with E-state index in [2.05, 4.69) is 0 Å². The van der Waals surface area contributed by atoms with E-state index >= 15 is 0 Å². The molecular weight excluding hydrogens is 625 g/mol. The van der Waals surface area contributed by atoms with Gasteiger partial charge in [0.25, 0.3) is 0 Å². The van der Waals surface area contributed by atoms with Crippen LogP contribution in [0, 0.1) is 0 Å². The van der Waals surface area contributed by atoms with E-state index in [4.69, 9.17) is 43.3 Å². The minimum atomic E-state index is -3.91. The van der Waals surface area contributed by atoms with Crippen molar-refractivity contribution in [1.82, 2.24) is 0 Å². The first kappa shape index (κ1) is 38.6. The van der Waals surface area contributed by atoms with Crippen molar-refractivity contribution < 1.29 is 76.0 Å². The molecule has 1 aliphatic heterocycles. The second-order valence-corrected chi connectivity index (χ2v) is 20.5. The van der Waals surface area contributed by atoms with E-state index in [1.165, 1.54) is 0 Å². The average Bonchev–Trinajstić information content (AvgIpc) is 2.54. The number of hydrogen-bond donors (Lipinski definition) is 0. The van der Waals surface area contributed by atoms with Gasteiger partial charge in [-0.25, -0.2) is 0 Å². The topological polar surface area (TPSA) is 92.3 Å². The summed E-state index contributed by atoms with van der Waals surface area (Å²) in [5.41, 5.74) is 0.170. The molecule has 0 N–H and O–H groups in total. The summed E-state index contributed by atoms with van der Waals surface area (Å²) < 4.78 is 64.9. The summed E-state index contributed by atoms with van der Waals surface area (Å²) in [5, 5.41) is 0. The first-order valence-corrected chi connectivity index (χ1v) is 19.8. The molecule has 10 nitrogen and oxygen atoms in total. The van der Waals surface area contributed by atoms with Gasteiger partial charge in [0.1, 0.15) is 0 Å². The normalized spacial score (nSPS) is 20.4. The molecule has 0 aliphatic carbocycles. The fourth-order valence-corrected chi connectivity index (χ4v) is 19.8. The van der Waals surface area contributed by atoms with Gasteiger partial charge in [0.15, 0.2) is 0 Å². The number of rotatable bonds is 14. The Labute approximate surface area is 256 Å². The molecule has 0 amide bonds. The van der Waals surface area contributed by atoms with Gasteiger partial charge in [-0.05, 0) is 96.9 Å². The molecule has 0 aromatic heterocycles. The third-order valence-corrected chi connectivity index (χ3v) is 18.7. The molecule has 0 atom stereocenters. The molecule has 0 saturated carbocycles. The maximum atomic E-state index is 6.85. The first-order chi connectivity index (χ1) is 16.4. The zero-order valence-corrected chi connectivity index (χ0v) is 32.2.